The number of allylic oxidation sites excluding steroid dienone is 1. The lowest BCUT2D eigenvalue weighted by Crippen LogP contribution is -2.52. The van der Waals surface area contributed by atoms with Gasteiger partial charge in [0, 0.05) is 50.8 Å². The molecule has 2 heterocycles. The molecule has 2 aromatic rings. The highest BCUT2D eigenvalue weighted by atomic mass is 19.1. The fraction of sp³-hybridized carbons (Fsp3) is 0.367. The number of hydrogen-bond acceptors (Lipinski definition) is 5. The van der Waals surface area contributed by atoms with E-state index in [0.717, 1.165) is 25.2 Å². The first-order valence-corrected chi connectivity index (χ1v) is 13.0. The molecule has 1 saturated heterocycles. The predicted molar refractivity (Wildman–Crippen MR) is 143 cm³/mol. The van der Waals surface area contributed by atoms with Crippen molar-refractivity contribution < 1.29 is 23.5 Å². The van der Waals surface area contributed by atoms with Crippen LogP contribution >= 0.6 is 0 Å². The summed E-state index contributed by atoms with van der Waals surface area (Å²) in [5, 5.41) is 0. The molecule has 38 heavy (non-hydrogen) atoms. The molecule has 0 N–H and O–H groups in total. The van der Waals surface area contributed by atoms with E-state index < -0.39 is 17.7 Å². The lowest BCUT2D eigenvalue weighted by Gasteiger charge is -2.37. The van der Waals surface area contributed by atoms with Crippen LogP contribution in [0.25, 0.3) is 6.08 Å². The summed E-state index contributed by atoms with van der Waals surface area (Å²) in [4.78, 5) is 44.7. The Morgan fingerprint density at radius 1 is 1.03 bits per heavy atom. The molecular weight excluding hydrogens is 485 g/mol. The van der Waals surface area contributed by atoms with Gasteiger partial charge in [0.05, 0.1) is 12.2 Å². The Kier molecular flexibility index (Phi) is 9.07. The number of benzene rings is 2. The maximum absolute atomic E-state index is 13.5. The Labute approximate surface area is 223 Å². The third kappa shape index (κ3) is 6.55. The van der Waals surface area contributed by atoms with Crippen molar-refractivity contribution in [3.63, 3.8) is 0 Å². The first-order chi connectivity index (χ1) is 18.4. The van der Waals surface area contributed by atoms with Gasteiger partial charge in [0.1, 0.15) is 12.4 Å². The molecule has 1 unspecified atom stereocenters. The average molecular weight is 520 g/mol. The van der Waals surface area contributed by atoms with Crippen molar-refractivity contribution in [3.05, 3.63) is 88.9 Å². The molecular formula is C30H34FN3O4. The molecule has 2 aliphatic heterocycles. The molecule has 0 saturated carbocycles. The van der Waals surface area contributed by atoms with Gasteiger partial charge in [0.2, 0.25) is 11.8 Å². The zero-order chi connectivity index (χ0) is 27.1. The molecule has 7 nitrogen and oxygen atoms in total. The first-order valence-electron chi connectivity index (χ1n) is 13.0. The minimum absolute atomic E-state index is 0.00588. The Balaban J connectivity index is 1.40. The summed E-state index contributed by atoms with van der Waals surface area (Å²) < 4.78 is 18.8. The number of carbonyl (C=O) groups is 3. The van der Waals surface area contributed by atoms with Gasteiger partial charge in [-0.2, -0.15) is 0 Å². The fourth-order valence-corrected chi connectivity index (χ4v) is 4.97. The Morgan fingerprint density at radius 2 is 1.71 bits per heavy atom. The molecule has 2 aromatic carbocycles. The van der Waals surface area contributed by atoms with Gasteiger partial charge in [0.15, 0.2) is 0 Å². The van der Waals surface area contributed by atoms with Crippen LogP contribution in [0.2, 0.25) is 0 Å². The van der Waals surface area contributed by atoms with Crippen molar-refractivity contribution in [1.29, 1.82) is 0 Å². The van der Waals surface area contributed by atoms with Crippen molar-refractivity contribution in [2.24, 2.45) is 0 Å². The highest BCUT2D eigenvalue weighted by Gasteiger charge is 2.38. The van der Waals surface area contributed by atoms with Crippen molar-refractivity contribution in [1.82, 2.24) is 14.7 Å². The van der Waals surface area contributed by atoms with Gasteiger partial charge in [-0.15, -0.1) is 0 Å². The van der Waals surface area contributed by atoms with E-state index in [1.807, 2.05) is 18.2 Å². The number of carbonyl (C=O) groups excluding carboxylic acids is 3. The fourth-order valence-electron chi connectivity index (χ4n) is 4.97. The number of esters is 1. The van der Waals surface area contributed by atoms with Gasteiger partial charge in [-0.1, -0.05) is 54.6 Å². The highest BCUT2D eigenvalue weighted by molar-refractivity contribution is 5.97. The summed E-state index contributed by atoms with van der Waals surface area (Å²) in [6.45, 7) is 6.88. The molecule has 4 rings (SSSR count). The number of ether oxygens (including phenoxy) is 1. The minimum Gasteiger partial charge on any atom is -0.463 e. The Morgan fingerprint density at radius 3 is 2.37 bits per heavy atom. The van der Waals surface area contributed by atoms with Gasteiger partial charge in [-0.25, -0.2) is 9.18 Å². The van der Waals surface area contributed by atoms with E-state index in [0.29, 0.717) is 29.9 Å². The van der Waals surface area contributed by atoms with Crippen molar-refractivity contribution in [3.8, 4) is 0 Å². The SMILES string of the molecule is CCOC(=O)C1=C(C)N(CC(=O)N2CCN(C/C=C/c3ccccc3)CC2)C(=O)CC1c1ccc(F)cc1. The zero-order valence-electron chi connectivity index (χ0n) is 21.9. The van der Waals surface area contributed by atoms with Crippen LogP contribution in [0.4, 0.5) is 4.39 Å². The predicted octanol–water partition coefficient (Wildman–Crippen LogP) is 3.84. The van der Waals surface area contributed by atoms with Crippen molar-refractivity contribution in [2.75, 3.05) is 45.9 Å². The molecule has 2 amide bonds. The third-order valence-electron chi connectivity index (χ3n) is 7.08. The third-order valence-corrected chi connectivity index (χ3v) is 7.08. The van der Waals surface area contributed by atoms with E-state index in [1.54, 1.807) is 30.9 Å². The largest absolute Gasteiger partial charge is 0.463 e. The Hall–Kier alpha value is -3.78. The van der Waals surface area contributed by atoms with E-state index in [2.05, 4.69) is 29.2 Å². The van der Waals surface area contributed by atoms with Crippen LogP contribution in [0.1, 0.15) is 37.3 Å². The van der Waals surface area contributed by atoms with Crippen LogP contribution in [-0.2, 0) is 19.1 Å². The van der Waals surface area contributed by atoms with Gasteiger partial charge >= 0.3 is 5.97 Å². The zero-order valence-corrected chi connectivity index (χ0v) is 21.9. The lowest BCUT2D eigenvalue weighted by molar-refractivity contribution is -0.143. The quantitative estimate of drug-likeness (QED) is 0.496. The molecule has 1 atom stereocenters. The van der Waals surface area contributed by atoms with Gasteiger partial charge in [-0.05, 0) is 37.1 Å². The molecule has 0 aromatic heterocycles. The van der Waals surface area contributed by atoms with Crippen molar-refractivity contribution >= 4 is 23.9 Å². The second-order valence-electron chi connectivity index (χ2n) is 9.50. The second kappa shape index (κ2) is 12.6. The number of nitrogens with zero attached hydrogens (tertiary/aromatic N) is 3. The molecule has 1 fully saturated rings. The molecule has 0 bridgehead atoms. The van der Waals surface area contributed by atoms with Gasteiger partial charge in [-0.3, -0.25) is 14.5 Å². The molecule has 0 spiro atoms. The lowest BCUT2D eigenvalue weighted by atomic mass is 9.83. The van der Waals surface area contributed by atoms with Crippen LogP contribution in [0.15, 0.2) is 71.9 Å². The second-order valence-corrected chi connectivity index (χ2v) is 9.50. The normalized spacial score (nSPS) is 18.8. The molecule has 2 aliphatic rings. The monoisotopic (exact) mass is 519 g/mol. The van der Waals surface area contributed by atoms with E-state index in [-0.39, 0.29) is 31.4 Å². The van der Waals surface area contributed by atoms with E-state index in [1.165, 1.54) is 17.0 Å². The number of amides is 2. The summed E-state index contributed by atoms with van der Waals surface area (Å²) in [5.41, 5.74) is 2.55. The molecule has 0 radical (unpaired) electrons. The number of hydrogen-bond donors (Lipinski definition) is 0. The maximum Gasteiger partial charge on any atom is 0.336 e. The van der Waals surface area contributed by atoms with Crippen LogP contribution in [0, 0.1) is 5.82 Å². The highest BCUT2D eigenvalue weighted by Crippen LogP contribution is 2.37. The maximum atomic E-state index is 13.5. The summed E-state index contributed by atoms with van der Waals surface area (Å²) in [6.07, 6.45) is 4.22. The van der Waals surface area contributed by atoms with E-state index in [9.17, 15) is 18.8 Å². The first kappa shape index (κ1) is 27.3. The van der Waals surface area contributed by atoms with Crippen LogP contribution < -0.4 is 0 Å². The number of piperazine rings is 1. The average Bonchev–Trinajstić information content (AvgIpc) is 2.92. The van der Waals surface area contributed by atoms with Crippen LogP contribution in [0.3, 0.4) is 0 Å². The van der Waals surface area contributed by atoms with Crippen LogP contribution in [0.5, 0.6) is 0 Å². The van der Waals surface area contributed by atoms with E-state index in [4.69, 9.17) is 4.74 Å². The number of halogens is 1. The molecule has 200 valence electrons. The van der Waals surface area contributed by atoms with Gasteiger partial charge in [0.25, 0.3) is 0 Å². The number of rotatable bonds is 8. The Bertz CT molecular complexity index is 1200. The smallest absolute Gasteiger partial charge is 0.336 e. The van der Waals surface area contributed by atoms with Crippen LogP contribution in [-0.4, -0.2) is 78.4 Å². The van der Waals surface area contributed by atoms with E-state index >= 15 is 0 Å². The summed E-state index contributed by atoms with van der Waals surface area (Å²) in [7, 11) is 0. The topological polar surface area (TPSA) is 70.2 Å². The van der Waals surface area contributed by atoms with Crippen molar-refractivity contribution in [2.45, 2.75) is 26.2 Å². The van der Waals surface area contributed by atoms with Gasteiger partial charge < -0.3 is 14.5 Å². The summed E-state index contributed by atoms with van der Waals surface area (Å²) in [6, 6.07) is 15.9. The molecule has 0 aliphatic carbocycles. The molecule has 8 heteroatoms. The standard InChI is InChI=1S/C30H34FN3O4/c1-3-38-30(37)29-22(2)34(27(35)20-26(29)24-11-13-25(31)14-12-24)21-28(36)33-18-16-32(17-19-33)15-7-10-23-8-5-4-6-9-23/h4-14,26H,3,15-21H2,1-2H3/b10-7+. The summed E-state index contributed by atoms with van der Waals surface area (Å²) in [5.74, 6) is -1.88. The summed E-state index contributed by atoms with van der Waals surface area (Å²) >= 11 is 0. The minimum atomic E-state index is -0.555.